The highest BCUT2D eigenvalue weighted by Crippen LogP contribution is 2.44. The summed E-state index contributed by atoms with van der Waals surface area (Å²) in [6.45, 7) is 2.77. The maximum absolute atomic E-state index is 13.5. The summed E-state index contributed by atoms with van der Waals surface area (Å²) in [7, 11) is 1.55. The number of carboxylic acid groups (broad SMARTS) is 2. The molecule has 0 aromatic heterocycles. The van der Waals surface area contributed by atoms with Gasteiger partial charge in [0.05, 0.1) is 31.2 Å². The van der Waals surface area contributed by atoms with Crippen molar-refractivity contribution in [1.29, 1.82) is 0 Å². The Hall–Kier alpha value is -2.00. The van der Waals surface area contributed by atoms with Gasteiger partial charge in [0.25, 0.3) is 0 Å². The fourth-order valence-corrected chi connectivity index (χ4v) is 5.66. The number of Topliss-reactive ketones (excluding diaryl/α,β-unsaturated/α-hetero) is 1. The minimum Gasteiger partial charge on any atom is -0.481 e. The van der Waals surface area contributed by atoms with Crippen molar-refractivity contribution < 1.29 is 38.9 Å². The average Bonchev–Trinajstić information content (AvgIpc) is 3.29. The minimum atomic E-state index is -1.38. The Morgan fingerprint density at radius 3 is 2.38 bits per heavy atom. The highest BCUT2D eigenvalue weighted by molar-refractivity contribution is 6.33. The van der Waals surface area contributed by atoms with E-state index in [9.17, 15) is 29.4 Å². The Bertz CT molecular complexity index is 703. The third-order valence-corrected chi connectivity index (χ3v) is 7.57. The maximum atomic E-state index is 13.5. The van der Waals surface area contributed by atoms with Crippen LogP contribution in [0.3, 0.4) is 0 Å². The fourth-order valence-electron chi connectivity index (χ4n) is 5.66. The van der Waals surface area contributed by atoms with E-state index in [0.29, 0.717) is 45.3 Å². The molecule has 4 atom stereocenters. The zero-order valence-corrected chi connectivity index (χ0v) is 20.6. The quantitative estimate of drug-likeness (QED) is 0.239. The van der Waals surface area contributed by atoms with Crippen molar-refractivity contribution in [1.82, 2.24) is 5.32 Å². The number of aliphatic carboxylic acids is 2. The van der Waals surface area contributed by atoms with Crippen LogP contribution in [-0.4, -0.2) is 66.8 Å². The third-order valence-electron chi connectivity index (χ3n) is 7.57. The first-order valence-electron chi connectivity index (χ1n) is 12.6. The predicted molar refractivity (Wildman–Crippen MR) is 124 cm³/mol. The zero-order chi connectivity index (χ0) is 25.1. The molecule has 1 amide bonds. The summed E-state index contributed by atoms with van der Waals surface area (Å²) in [6, 6.07) is -0.133. The van der Waals surface area contributed by atoms with E-state index in [4.69, 9.17) is 9.47 Å². The van der Waals surface area contributed by atoms with Crippen LogP contribution in [0.25, 0.3) is 0 Å². The van der Waals surface area contributed by atoms with Crippen molar-refractivity contribution in [2.45, 2.75) is 83.6 Å². The number of rotatable bonds is 15. The van der Waals surface area contributed by atoms with Gasteiger partial charge in [0.1, 0.15) is 0 Å². The Kier molecular flexibility index (Phi) is 11.4. The van der Waals surface area contributed by atoms with Gasteiger partial charge in [0, 0.05) is 19.1 Å². The molecule has 0 radical (unpaired) electrons. The van der Waals surface area contributed by atoms with Gasteiger partial charge in [0.2, 0.25) is 11.7 Å². The van der Waals surface area contributed by atoms with Gasteiger partial charge in [0.15, 0.2) is 0 Å². The van der Waals surface area contributed by atoms with Gasteiger partial charge in [-0.3, -0.25) is 14.4 Å². The lowest BCUT2D eigenvalue weighted by Crippen LogP contribution is -2.49. The van der Waals surface area contributed by atoms with Gasteiger partial charge in [-0.15, -0.1) is 0 Å². The molecule has 0 heterocycles. The first-order chi connectivity index (χ1) is 16.2. The van der Waals surface area contributed by atoms with Gasteiger partial charge in [-0.1, -0.05) is 32.6 Å². The molecule has 0 aliphatic heterocycles. The van der Waals surface area contributed by atoms with E-state index in [1.54, 1.807) is 7.11 Å². The van der Waals surface area contributed by atoms with E-state index >= 15 is 0 Å². The Labute approximate surface area is 201 Å². The summed E-state index contributed by atoms with van der Waals surface area (Å²) < 4.78 is 10.4. The number of amides is 1. The third kappa shape index (κ3) is 7.77. The van der Waals surface area contributed by atoms with Gasteiger partial charge in [-0.2, -0.15) is 0 Å². The number of methoxy groups -OCH3 is 1. The lowest BCUT2D eigenvalue weighted by atomic mass is 9.72. The molecule has 0 aromatic rings. The first kappa shape index (κ1) is 28.2. The van der Waals surface area contributed by atoms with E-state index in [1.807, 2.05) is 0 Å². The van der Waals surface area contributed by atoms with Crippen LogP contribution in [0.1, 0.15) is 77.6 Å². The number of unbranched alkanes of at least 4 members (excludes halogenated alkanes) is 1. The maximum Gasteiger partial charge on any atom is 0.372 e. The molecule has 9 heteroatoms. The van der Waals surface area contributed by atoms with Crippen LogP contribution in [0.4, 0.5) is 0 Å². The molecule has 3 N–H and O–H groups in total. The second-order valence-electron chi connectivity index (χ2n) is 9.96. The van der Waals surface area contributed by atoms with Crippen molar-refractivity contribution in [3.8, 4) is 0 Å². The summed E-state index contributed by atoms with van der Waals surface area (Å²) in [4.78, 5) is 48.9. The number of hydrogen-bond donors (Lipinski definition) is 3. The standard InChI is InChI=1S/C25H41NO8/c1-3-4-7-17-14-19(8-9-20(17)21(27)23(30)31)26-24(32)25(10-5-6-11-25)15-18(22(28)29)16-34-13-12-33-2/h17-20H,3-16H2,1-2H3,(H,26,32)(H,28,29)(H,30,31)/t17-,18-,19-,20+/m1/s1. The van der Waals surface area contributed by atoms with Gasteiger partial charge in [-0.25, -0.2) is 4.79 Å². The molecule has 0 saturated heterocycles. The normalized spacial score (nSPS) is 24.9. The first-order valence-corrected chi connectivity index (χ1v) is 12.6. The number of ketones is 1. The van der Waals surface area contributed by atoms with E-state index in [1.165, 1.54) is 0 Å². The fraction of sp³-hybridized carbons (Fsp3) is 0.840. The van der Waals surface area contributed by atoms with Crippen LogP contribution in [-0.2, 0) is 28.7 Å². The molecule has 2 fully saturated rings. The Morgan fingerprint density at radius 2 is 1.79 bits per heavy atom. The zero-order valence-electron chi connectivity index (χ0n) is 20.6. The van der Waals surface area contributed by atoms with Crippen LogP contribution in [0.15, 0.2) is 0 Å². The molecular weight excluding hydrogens is 442 g/mol. The molecule has 0 aromatic carbocycles. The van der Waals surface area contributed by atoms with Crippen molar-refractivity contribution in [3.05, 3.63) is 0 Å². The van der Waals surface area contributed by atoms with Crippen LogP contribution in [0.2, 0.25) is 0 Å². The number of hydrogen-bond acceptors (Lipinski definition) is 6. The monoisotopic (exact) mass is 483 g/mol. The summed E-state index contributed by atoms with van der Waals surface area (Å²) in [5.74, 6) is -4.54. The topological polar surface area (TPSA) is 139 Å². The SMILES string of the molecule is CCCC[C@@H]1C[C@H](NC(=O)C2(C[C@H](COCCOC)C(=O)O)CCCC2)CC[C@@H]1C(=O)C(=O)O. The molecule has 0 unspecified atom stereocenters. The molecule has 0 spiro atoms. The van der Waals surface area contributed by atoms with E-state index in [2.05, 4.69) is 12.2 Å². The Morgan fingerprint density at radius 1 is 1.09 bits per heavy atom. The number of carbonyl (C=O) groups is 4. The molecule has 9 nitrogen and oxygen atoms in total. The predicted octanol–water partition coefficient (Wildman–Crippen LogP) is 3.05. The van der Waals surface area contributed by atoms with Crippen LogP contribution < -0.4 is 5.32 Å². The highest BCUT2D eigenvalue weighted by atomic mass is 16.5. The van der Waals surface area contributed by atoms with E-state index in [-0.39, 0.29) is 30.9 Å². The lowest BCUT2D eigenvalue weighted by Gasteiger charge is -2.38. The van der Waals surface area contributed by atoms with Crippen LogP contribution in [0, 0.1) is 23.2 Å². The summed E-state index contributed by atoms with van der Waals surface area (Å²) in [6.07, 6.45) is 7.47. The summed E-state index contributed by atoms with van der Waals surface area (Å²) >= 11 is 0. The number of ether oxygens (including phenoxy) is 2. The number of nitrogens with one attached hydrogen (secondary N) is 1. The van der Waals surface area contributed by atoms with Gasteiger partial charge >= 0.3 is 11.9 Å². The average molecular weight is 484 g/mol. The van der Waals surface area contributed by atoms with Crippen molar-refractivity contribution in [3.63, 3.8) is 0 Å². The van der Waals surface area contributed by atoms with E-state index in [0.717, 1.165) is 32.1 Å². The second-order valence-corrected chi connectivity index (χ2v) is 9.96. The van der Waals surface area contributed by atoms with Crippen molar-refractivity contribution in [2.75, 3.05) is 26.9 Å². The molecule has 2 saturated carbocycles. The largest absolute Gasteiger partial charge is 0.481 e. The second kappa shape index (κ2) is 13.8. The molecule has 2 aliphatic carbocycles. The number of carboxylic acids is 2. The molecule has 0 bridgehead atoms. The minimum absolute atomic E-state index is 0.0369. The highest BCUT2D eigenvalue weighted by Gasteiger charge is 2.46. The molecule has 34 heavy (non-hydrogen) atoms. The molecule has 2 aliphatic rings. The number of carbonyl (C=O) groups excluding carboxylic acids is 2. The summed E-state index contributed by atoms with van der Waals surface area (Å²) in [5.41, 5.74) is -0.736. The molecule has 194 valence electrons. The lowest BCUT2D eigenvalue weighted by molar-refractivity contribution is -0.153. The van der Waals surface area contributed by atoms with E-state index < -0.39 is 35.0 Å². The van der Waals surface area contributed by atoms with Gasteiger partial charge < -0.3 is 25.0 Å². The van der Waals surface area contributed by atoms with Crippen LogP contribution >= 0.6 is 0 Å². The Balaban J connectivity index is 2.05. The molecular formula is C25H41NO8. The smallest absolute Gasteiger partial charge is 0.372 e. The van der Waals surface area contributed by atoms with Crippen LogP contribution in [0.5, 0.6) is 0 Å². The summed E-state index contributed by atoms with van der Waals surface area (Å²) in [5, 5.41) is 22.1. The van der Waals surface area contributed by atoms with Gasteiger partial charge in [-0.05, 0) is 50.9 Å². The molecule has 2 rings (SSSR count). The van der Waals surface area contributed by atoms with Crippen molar-refractivity contribution in [2.24, 2.45) is 23.2 Å². The van der Waals surface area contributed by atoms with Crippen molar-refractivity contribution >= 4 is 23.6 Å².